The zero-order chi connectivity index (χ0) is 14.6. The van der Waals surface area contributed by atoms with E-state index < -0.39 is 35.5 Å². The summed E-state index contributed by atoms with van der Waals surface area (Å²) in [5, 5.41) is 2.36. The first-order valence-corrected chi connectivity index (χ1v) is 6.37. The van der Waals surface area contributed by atoms with Crippen molar-refractivity contribution in [1.29, 1.82) is 0 Å². The predicted octanol–water partition coefficient (Wildman–Crippen LogP) is -0.820. The number of nitrogens with two attached hydrogens (primary N) is 2. The molecule has 1 saturated carbocycles. The average Bonchev–Trinajstić information content (AvgIpc) is 2.77. The first kappa shape index (κ1) is 15.6. The maximum Gasteiger partial charge on any atom is 0.336 e. The monoisotopic (exact) mass is 271 g/mol. The lowest BCUT2D eigenvalue weighted by Gasteiger charge is -2.21. The highest BCUT2D eigenvalue weighted by atomic mass is 16.6. The van der Waals surface area contributed by atoms with Gasteiger partial charge in [0.2, 0.25) is 5.91 Å². The summed E-state index contributed by atoms with van der Waals surface area (Å²) >= 11 is 0. The van der Waals surface area contributed by atoms with E-state index in [1.807, 2.05) is 0 Å². The zero-order valence-corrected chi connectivity index (χ0v) is 11.3. The van der Waals surface area contributed by atoms with E-state index >= 15 is 0 Å². The van der Waals surface area contributed by atoms with Crippen LogP contribution >= 0.6 is 0 Å². The van der Waals surface area contributed by atoms with Crippen LogP contribution < -0.4 is 16.8 Å². The van der Waals surface area contributed by atoms with E-state index in [1.54, 1.807) is 0 Å². The number of carbonyl (C=O) groups is 3. The van der Waals surface area contributed by atoms with Gasteiger partial charge in [0.05, 0.1) is 6.04 Å². The molecule has 0 aromatic carbocycles. The van der Waals surface area contributed by atoms with Gasteiger partial charge in [0.1, 0.15) is 11.6 Å². The van der Waals surface area contributed by atoms with E-state index in [9.17, 15) is 14.4 Å². The number of hydrogen-bond donors (Lipinski definition) is 3. The SMILES string of the molecule is C[C@H](N)C(=O)N[C@@H](C)C(=O)OC(=O)C1(N)CCCC1. The Balaban J connectivity index is 2.50. The summed E-state index contributed by atoms with van der Waals surface area (Å²) in [5.41, 5.74) is 10.2. The van der Waals surface area contributed by atoms with Crippen molar-refractivity contribution < 1.29 is 19.1 Å². The smallest absolute Gasteiger partial charge is 0.336 e. The molecule has 1 fully saturated rings. The van der Waals surface area contributed by atoms with E-state index in [0.29, 0.717) is 12.8 Å². The molecule has 1 aliphatic rings. The number of amides is 1. The number of nitrogens with one attached hydrogen (secondary N) is 1. The van der Waals surface area contributed by atoms with Crippen molar-refractivity contribution in [3.8, 4) is 0 Å². The second-order valence-corrected chi connectivity index (χ2v) is 5.09. The third-order valence-electron chi connectivity index (χ3n) is 3.22. The highest BCUT2D eigenvalue weighted by Gasteiger charge is 2.40. The summed E-state index contributed by atoms with van der Waals surface area (Å²) in [4.78, 5) is 34.8. The summed E-state index contributed by atoms with van der Waals surface area (Å²) in [6.07, 6.45) is 2.72. The molecule has 7 heteroatoms. The summed E-state index contributed by atoms with van der Waals surface area (Å²) in [7, 11) is 0. The Morgan fingerprint density at radius 1 is 1.21 bits per heavy atom. The molecule has 108 valence electrons. The normalized spacial score (nSPS) is 20.4. The second-order valence-electron chi connectivity index (χ2n) is 5.09. The minimum Gasteiger partial charge on any atom is -0.390 e. The molecule has 0 aromatic rings. The third-order valence-corrected chi connectivity index (χ3v) is 3.22. The van der Waals surface area contributed by atoms with Crippen molar-refractivity contribution in [2.45, 2.75) is 57.2 Å². The van der Waals surface area contributed by atoms with Crippen LogP contribution in [0.15, 0.2) is 0 Å². The van der Waals surface area contributed by atoms with Crippen LogP contribution in [0.3, 0.4) is 0 Å². The van der Waals surface area contributed by atoms with Gasteiger partial charge in [-0.15, -0.1) is 0 Å². The molecular weight excluding hydrogens is 250 g/mol. The van der Waals surface area contributed by atoms with Gasteiger partial charge in [0.25, 0.3) is 0 Å². The Morgan fingerprint density at radius 2 is 1.74 bits per heavy atom. The molecular formula is C12H21N3O4. The second kappa shape index (κ2) is 6.12. The Kier molecular flexibility index (Phi) is 5.02. The zero-order valence-electron chi connectivity index (χ0n) is 11.3. The van der Waals surface area contributed by atoms with Crippen LogP contribution in [-0.2, 0) is 19.1 Å². The molecule has 2 atom stereocenters. The molecule has 7 nitrogen and oxygen atoms in total. The standard InChI is InChI=1S/C12H21N3O4/c1-7(13)9(16)15-8(2)10(17)19-11(18)12(14)5-3-4-6-12/h7-8H,3-6,13-14H2,1-2H3,(H,15,16)/t7-,8-/m0/s1. The minimum absolute atomic E-state index is 0.486. The van der Waals surface area contributed by atoms with Gasteiger partial charge < -0.3 is 21.5 Å². The number of ether oxygens (including phenoxy) is 1. The lowest BCUT2D eigenvalue weighted by molar-refractivity contribution is -0.165. The van der Waals surface area contributed by atoms with Gasteiger partial charge in [-0.05, 0) is 26.7 Å². The predicted molar refractivity (Wildman–Crippen MR) is 67.7 cm³/mol. The van der Waals surface area contributed by atoms with Crippen molar-refractivity contribution in [2.24, 2.45) is 11.5 Å². The number of esters is 2. The van der Waals surface area contributed by atoms with Crippen LogP contribution in [-0.4, -0.2) is 35.5 Å². The Hall–Kier alpha value is -1.47. The highest BCUT2D eigenvalue weighted by Crippen LogP contribution is 2.28. The van der Waals surface area contributed by atoms with E-state index in [1.165, 1.54) is 13.8 Å². The van der Waals surface area contributed by atoms with Gasteiger partial charge in [-0.3, -0.25) is 4.79 Å². The number of hydrogen-bond acceptors (Lipinski definition) is 6. The maximum atomic E-state index is 11.8. The van der Waals surface area contributed by atoms with Crippen LogP contribution in [0.25, 0.3) is 0 Å². The Labute approximate surface area is 112 Å². The molecule has 0 radical (unpaired) electrons. The number of rotatable bonds is 4. The van der Waals surface area contributed by atoms with E-state index in [0.717, 1.165) is 12.8 Å². The van der Waals surface area contributed by atoms with Gasteiger partial charge in [-0.25, -0.2) is 9.59 Å². The lowest BCUT2D eigenvalue weighted by atomic mass is 10.00. The first-order valence-electron chi connectivity index (χ1n) is 6.37. The first-order chi connectivity index (χ1) is 8.76. The minimum atomic E-state index is -1.07. The molecule has 0 aromatic heterocycles. The van der Waals surface area contributed by atoms with Crippen molar-refractivity contribution >= 4 is 17.8 Å². The van der Waals surface area contributed by atoms with Crippen molar-refractivity contribution in [3.63, 3.8) is 0 Å². The van der Waals surface area contributed by atoms with Gasteiger partial charge in [0.15, 0.2) is 0 Å². The van der Waals surface area contributed by atoms with Crippen LogP contribution in [0.4, 0.5) is 0 Å². The Morgan fingerprint density at radius 3 is 2.21 bits per heavy atom. The van der Waals surface area contributed by atoms with Crippen molar-refractivity contribution in [2.75, 3.05) is 0 Å². The molecule has 0 aliphatic heterocycles. The molecule has 1 aliphatic carbocycles. The van der Waals surface area contributed by atoms with Gasteiger partial charge in [-0.1, -0.05) is 12.8 Å². The van der Waals surface area contributed by atoms with Gasteiger partial charge >= 0.3 is 11.9 Å². The van der Waals surface area contributed by atoms with E-state index in [2.05, 4.69) is 5.32 Å². The highest BCUT2D eigenvalue weighted by molar-refractivity contribution is 5.95. The van der Waals surface area contributed by atoms with Crippen molar-refractivity contribution in [1.82, 2.24) is 5.32 Å². The Bertz CT molecular complexity index is 375. The van der Waals surface area contributed by atoms with Gasteiger partial charge in [0, 0.05) is 0 Å². The average molecular weight is 271 g/mol. The molecule has 0 bridgehead atoms. The fraction of sp³-hybridized carbons (Fsp3) is 0.750. The fourth-order valence-electron chi connectivity index (χ4n) is 1.90. The summed E-state index contributed by atoms with van der Waals surface area (Å²) in [5.74, 6) is -2.03. The molecule has 5 N–H and O–H groups in total. The van der Waals surface area contributed by atoms with Crippen LogP contribution in [0.2, 0.25) is 0 Å². The molecule has 0 saturated heterocycles. The third kappa shape index (κ3) is 4.00. The molecule has 19 heavy (non-hydrogen) atoms. The van der Waals surface area contributed by atoms with Crippen LogP contribution in [0, 0.1) is 0 Å². The fourth-order valence-corrected chi connectivity index (χ4v) is 1.90. The number of carbonyl (C=O) groups excluding carboxylic acids is 3. The summed E-state index contributed by atoms with van der Waals surface area (Å²) in [6, 6.07) is -1.67. The van der Waals surface area contributed by atoms with Gasteiger partial charge in [-0.2, -0.15) is 0 Å². The molecule has 1 rings (SSSR count). The largest absolute Gasteiger partial charge is 0.390 e. The quantitative estimate of drug-likeness (QED) is 0.453. The topological polar surface area (TPSA) is 125 Å². The molecule has 0 unspecified atom stereocenters. The summed E-state index contributed by atoms with van der Waals surface area (Å²) in [6.45, 7) is 2.92. The van der Waals surface area contributed by atoms with Crippen molar-refractivity contribution in [3.05, 3.63) is 0 Å². The maximum absolute atomic E-state index is 11.8. The molecule has 0 spiro atoms. The van der Waals surface area contributed by atoms with Crippen LogP contribution in [0.1, 0.15) is 39.5 Å². The van der Waals surface area contributed by atoms with Crippen LogP contribution in [0.5, 0.6) is 0 Å². The van der Waals surface area contributed by atoms with E-state index in [-0.39, 0.29) is 0 Å². The summed E-state index contributed by atoms with van der Waals surface area (Å²) < 4.78 is 4.72. The van der Waals surface area contributed by atoms with E-state index in [4.69, 9.17) is 16.2 Å². The molecule has 0 heterocycles. The lowest BCUT2D eigenvalue weighted by Crippen LogP contribution is -2.51. The molecule has 1 amide bonds.